The lowest BCUT2D eigenvalue weighted by Crippen LogP contribution is -2.33. The predicted molar refractivity (Wildman–Crippen MR) is 82.7 cm³/mol. The van der Waals surface area contributed by atoms with Crippen LogP contribution in [0, 0.1) is 5.41 Å². The first-order valence-corrected chi connectivity index (χ1v) is 8.46. The van der Waals surface area contributed by atoms with Crippen LogP contribution in [0.3, 0.4) is 0 Å². The second-order valence-corrected chi connectivity index (χ2v) is 7.96. The van der Waals surface area contributed by atoms with E-state index in [1.807, 2.05) is 20.8 Å². The number of carboxylic acid groups (broad SMARTS) is 1. The Bertz CT molecular complexity index is 656. The van der Waals surface area contributed by atoms with E-state index >= 15 is 0 Å². The van der Waals surface area contributed by atoms with Crippen LogP contribution >= 0.6 is 23.2 Å². The number of hydrogen-bond donors (Lipinski definition) is 2. The van der Waals surface area contributed by atoms with Gasteiger partial charge in [-0.2, -0.15) is 0 Å². The van der Waals surface area contributed by atoms with E-state index in [1.54, 1.807) is 0 Å². The molecule has 0 bridgehead atoms. The highest BCUT2D eigenvalue weighted by molar-refractivity contribution is 7.89. The van der Waals surface area contributed by atoms with Gasteiger partial charge in [0.05, 0.1) is 15.6 Å². The molecule has 0 atom stereocenters. The van der Waals surface area contributed by atoms with Crippen molar-refractivity contribution in [2.45, 2.75) is 32.1 Å². The number of hydrogen-bond acceptors (Lipinski definition) is 3. The number of benzene rings is 1. The second-order valence-electron chi connectivity index (χ2n) is 5.41. The summed E-state index contributed by atoms with van der Waals surface area (Å²) in [7, 11) is -3.91. The van der Waals surface area contributed by atoms with Crippen molar-refractivity contribution in [3.8, 4) is 0 Å². The number of carbonyl (C=O) groups is 1. The molecule has 0 fully saturated rings. The summed E-state index contributed by atoms with van der Waals surface area (Å²) < 4.78 is 27.0. The smallest absolute Gasteiger partial charge is 0.337 e. The van der Waals surface area contributed by atoms with Crippen molar-refractivity contribution < 1.29 is 18.3 Å². The summed E-state index contributed by atoms with van der Waals surface area (Å²) in [6, 6.07) is 2.08. The van der Waals surface area contributed by atoms with Gasteiger partial charge in [-0.15, -0.1) is 0 Å². The highest BCUT2D eigenvalue weighted by atomic mass is 35.5. The van der Waals surface area contributed by atoms with Gasteiger partial charge < -0.3 is 5.11 Å². The van der Waals surface area contributed by atoms with Crippen molar-refractivity contribution in [2.75, 3.05) is 6.54 Å². The molecule has 0 heterocycles. The highest BCUT2D eigenvalue weighted by Gasteiger charge is 2.25. The third kappa shape index (κ3) is 4.57. The van der Waals surface area contributed by atoms with Gasteiger partial charge in [0.1, 0.15) is 4.90 Å². The lowest BCUT2D eigenvalue weighted by Gasteiger charge is -2.23. The first-order valence-electron chi connectivity index (χ1n) is 6.22. The molecule has 0 amide bonds. The summed E-state index contributed by atoms with van der Waals surface area (Å²) >= 11 is 11.6. The third-order valence-corrected chi connectivity index (χ3v) is 5.42. The molecule has 1 aromatic rings. The molecular weight excluding hydrogens is 337 g/mol. The Morgan fingerprint density at radius 1 is 1.29 bits per heavy atom. The molecule has 0 aromatic heterocycles. The zero-order valence-corrected chi connectivity index (χ0v) is 14.2. The highest BCUT2D eigenvalue weighted by Crippen LogP contribution is 2.29. The van der Waals surface area contributed by atoms with Crippen LogP contribution in [-0.4, -0.2) is 26.0 Å². The Balaban J connectivity index is 3.20. The molecule has 21 heavy (non-hydrogen) atoms. The lowest BCUT2D eigenvalue weighted by atomic mass is 9.91. The molecule has 0 saturated carbocycles. The zero-order chi connectivity index (χ0) is 16.4. The Labute approximate surface area is 134 Å². The van der Waals surface area contributed by atoms with Crippen LogP contribution in [0.2, 0.25) is 10.0 Å². The van der Waals surface area contributed by atoms with Crippen LogP contribution in [0.15, 0.2) is 17.0 Å². The van der Waals surface area contributed by atoms with Crippen LogP contribution in [0.5, 0.6) is 0 Å². The molecule has 0 spiro atoms. The molecule has 0 saturated heterocycles. The van der Waals surface area contributed by atoms with E-state index in [0.717, 1.165) is 18.6 Å². The normalized spacial score (nSPS) is 12.4. The topological polar surface area (TPSA) is 83.5 Å². The minimum atomic E-state index is -3.91. The zero-order valence-electron chi connectivity index (χ0n) is 11.9. The Kier molecular flexibility index (Phi) is 5.66. The van der Waals surface area contributed by atoms with E-state index in [1.165, 1.54) is 0 Å². The van der Waals surface area contributed by atoms with Gasteiger partial charge in [-0.25, -0.2) is 17.9 Å². The molecule has 0 aliphatic heterocycles. The first-order chi connectivity index (χ1) is 9.50. The molecule has 1 aromatic carbocycles. The van der Waals surface area contributed by atoms with Gasteiger partial charge >= 0.3 is 5.97 Å². The number of nitrogens with one attached hydrogen (secondary N) is 1. The van der Waals surface area contributed by atoms with Crippen molar-refractivity contribution in [3.05, 3.63) is 27.7 Å². The first kappa shape index (κ1) is 18.2. The Hall–Kier alpha value is -0.820. The molecule has 8 heteroatoms. The van der Waals surface area contributed by atoms with Gasteiger partial charge in [-0.3, -0.25) is 0 Å². The van der Waals surface area contributed by atoms with Crippen LogP contribution in [0.25, 0.3) is 0 Å². The van der Waals surface area contributed by atoms with Gasteiger partial charge in [0.25, 0.3) is 0 Å². The minimum Gasteiger partial charge on any atom is -0.478 e. The van der Waals surface area contributed by atoms with Crippen LogP contribution in [-0.2, 0) is 10.0 Å². The number of carboxylic acids is 1. The van der Waals surface area contributed by atoms with E-state index < -0.39 is 16.0 Å². The third-order valence-electron chi connectivity index (χ3n) is 3.24. The molecule has 0 radical (unpaired) electrons. The second kappa shape index (κ2) is 6.52. The fourth-order valence-electron chi connectivity index (χ4n) is 1.39. The number of aromatic carboxylic acids is 1. The average Bonchev–Trinajstić information content (AvgIpc) is 2.36. The van der Waals surface area contributed by atoms with Crippen molar-refractivity contribution in [2.24, 2.45) is 5.41 Å². The largest absolute Gasteiger partial charge is 0.478 e. The molecule has 0 aliphatic carbocycles. The van der Waals surface area contributed by atoms with Gasteiger partial charge in [-0.05, 0) is 24.0 Å². The SMILES string of the molecule is CCC(C)(C)CNS(=O)(=O)c1cc(C(=O)O)c(Cl)cc1Cl. The van der Waals surface area contributed by atoms with Crippen molar-refractivity contribution in [1.82, 2.24) is 4.72 Å². The van der Waals surface area contributed by atoms with E-state index in [-0.39, 0.29) is 32.5 Å². The molecule has 5 nitrogen and oxygen atoms in total. The summed E-state index contributed by atoms with van der Waals surface area (Å²) in [5.74, 6) is -1.32. The molecule has 0 aliphatic rings. The Morgan fingerprint density at radius 2 is 1.86 bits per heavy atom. The molecule has 118 valence electrons. The van der Waals surface area contributed by atoms with Gasteiger partial charge in [-0.1, -0.05) is 44.0 Å². The number of sulfonamides is 1. The average molecular weight is 354 g/mol. The summed E-state index contributed by atoms with van der Waals surface area (Å²) in [6.07, 6.45) is 0.782. The maximum atomic E-state index is 12.3. The van der Waals surface area contributed by atoms with Crippen LogP contribution < -0.4 is 4.72 Å². The standard InChI is InChI=1S/C13H17Cl2NO4S/c1-4-13(2,3)7-16-21(19,20)11-5-8(12(17)18)9(14)6-10(11)15/h5-6,16H,4,7H2,1-3H3,(H,17,18). The van der Waals surface area contributed by atoms with Crippen molar-refractivity contribution in [3.63, 3.8) is 0 Å². The number of rotatable bonds is 6. The van der Waals surface area contributed by atoms with E-state index in [0.29, 0.717) is 0 Å². The van der Waals surface area contributed by atoms with Crippen LogP contribution in [0.1, 0.15) is 37.6 Å². The fraction of sp³-hybridized carbons (Fsp3) is 0.462. The minimum absolute atomic E-state index is 0.111. The van der Waals surface area contributed by atoms with Gasteiger partial charge in [0.15, 0.2) is 0 Å². The predicted octanol–water partition coefficient (Wildman–Crippen LogP) is 3.41. The Morgan fingerprint density at radius 3 is 2.33 bits per heavy atom. The fourth-order valence-corrected chi connectivity index (χ4v) is 3.49. The quantitative estimate of drug-likeness (QED) is 0.820. The van der Waals surface area contributed by atoms with Crippen molar-refractivity contribution in [1.29, 1.82) is 0 Å². The van der Waals surface area contributed by atoms with Gasteiger partial charge in [0.2, 0.25) is 10.0 Å². The van der Waals surface area contributed by atoms with E-state index in [2.05, 4.69) is 4.72 Å². The molecular formula is C13H17Cl2NO4S. The maximum Gasteiger partial charge on any atom is 0.337 e. The van der Waals surface area contributed by atoms with Crippen molar-refractivity contribution >= 4 is 39.2 Å². The monoisotopic (exact) mass is 353 g/mol. The van der Waals surface area contributed by atoms with Crippen LogP contribution in [0.4, 0.5) is 0 Å². The van der Waals surface area contributed by atoms with E-state index in [9.17, 15) is 13.2 Å². The summed E-state index contributed by atoms with van der Waals surface area (Å²) in [5.41, 5.74) is -0.530. The maximum absolute atomic E-state index is 12.3. The summed E-state index contributed by atoms with van der Waals surface area (Å²) in [4.78, 5) is 10.7. The van der Waals surface area contributed by atoms with E-state index in [4.69, 9.17) is 28.3 Å². The molecule has 0 unspecified atom stereocenters. The number of halogens is 2. The summed E-state index contributed by atoms with van der Waals surface area (Å²) in [5, 5.41) is 8.77. The molecule has 2 N–H and O–H groups in total. The van der Waals surface area contributed by atoms with Gasteiger partial charge in [0, 0.05) is 6.54 Å². The molecule has 1 rings (SSSR count). The lowest BCUT2D eigenvalue weighted by molar-refractivity contribution is 0.0697. The summed E-state index contributed by atoms with van der Waals surface area (Å²) in [6.45, 7) is 6.00.